The summed E-state index contributed by atoms with van der Waals surface area (Å²) in [6.45, 7) is 3.43. The van der Waals surface area contributed by atoms with E-state index in [1.54, 1.807) is 16.4 Å². The molecule has 7 heteroatoms. The minimum Gasteiger partial charge on any atom is -0.298 e. The molecule has 2 aliphatic heterocycles. The first-order valence-corrected chi connectivity index (χ1v) is 12.9. The van der Waals surface area contributed by atoms with Gasteiger partial charge in [0.15, 0.2) is 0 Å². The molecule has 3 aromatic rings. The van der Waals surface area contributed by atoms with Gasteiger partial charge in [0.2, 0.25) is 10.0 Å². The monoisotopic (exact) mass is 486 g/mol. The maximum atomic E-state index is 13.7. The van der Waals surface area contributed by atoms with Crippen molar-refractivity contribution in [2.45, 2.75) is 23.9 Å². The van der Waals surface area contributed by atoms with Gasteiger partial charge < -0.3 is 0 Å². The molecule has 4 nitrogen and oxygen atoms in total. The zero-order valence-corrected chi connectivity index (χ0v) is 19.8. The number of hydrogen-bond acceptors (Lipinski definition) is 3. The topological polar surface area (TPSA) is 40.6 Å². The Morgan fingerprint density at radius 1 is 0.875 bits per heavy atom. The average Bonchev–Trinajstić information content (AvgIpc) is 3.10. The molecule has 0 spiro atoms. The van der Waals surface area contributed by atoms with Crippen molar-refractivity contribution in [3.05, 3.63) is 99.5 Å². The Bertz CT molecular complexity index is 1230. The predicted octanol–water partition coefficient (Wildman–Crippen LogP) is 5.41. The Kier molecular flexibility index (Phi) is 6.03. The molecule has 0 aromatic heterocycles. The minimum absolute atomic E-state index is 0.0711. The van der Waals surface area contributed by atoms with Crippen LogP contribution in [0, 0.1) is 5.92 Å². The van der Waals surface area contributed by atoms with Crippen LogP contribution in [0.1, 0.15) is 22.6 Å². The second-order valence-corrected chi connectivity index (χ2v) is 11.4. The molecule has 1 saturated heterocycles. The number of rotatable bonds is 4. The van der Waals surface area contributed by atoms with Gasteiger partial charge in [-0.1, -0.05) is 77.8 Å². The first kappa shape index (κ1) is 21.9. The van der Waals surface area contributed by atoms with Gasteiger partial charge in [-0.15, -0.1) is 0 Å². The Balaban J connectivity index is 1.49. The first-order valence-electron chi connectivity index (χ1n) is 10.7. The zero-order chi connectivity index (χ0) is 22.3. The van der Waals surface area contributed by atoms with E-state index < -0.39 is 10.0 Å². The predicted molar refractivity (Wildman–Crippen MR) is 128 cm³/mol. The summed E-state index contributed by atoms with van der Waals surface area (Å²) in [6.07, 6.45) is 0. The Labute approximate surface area is 199 Å². The average molecular weight is 487 g/mol. The van der Waals surface area contributed by atoms with Gasteiger partial charge in [-0.25, -0.2) is 8.42 Å². The quantitative estimate of drug-likeness (QED) is 0.494. The molecule has 0 radical (unpaired) electrons. The van der Waals surface area contributed by atoms with E-state index in [9.17, 15) is 8.42 Å². The number of likely N-dealkylation sites (tertiary alicyclic amines) is 1. The van der Waals surface area contributed by atoms with Crippen LogP contribution in [0.15, 0.2) is 77.7 Å². The summed E-state index contributed by atoms with van der Waals surface area (Å²) in [7, 11) is -3.80. The molecular weight excluding hydrogens is 463 g/mol. The van der Waals surface area contributed by atoms with Crippen LogP contribution in [0.3, 0.4) is 0 Å². The summed E-state index contributed by atoms with van der Waals surface area (Å²) in [5.74, 6) is 0.500. The molecular formula is C25H24Cl2N2O2S. The van der Waals surface area contributed by atoms with Gasteiger partial charge >= 0.3 is 0 Å². The van der Waals surface area contributed by atoms with Crippen LogP contribution in [-0.4, -0.2) is 37.3 Å². The van der Waals surface area contributed by atoms with Gasteiger partial charge in [0.05, 0.1) is 5.02 Å². The van der Waals surface area contributed by atoms with E-state index in [0.29, 0.717) is 24.0 Å². The first-order chi connectivity index (χ1) is 15.4. The van der Waals surface area contributed by atoms with Crippen molar-refractivity contribution in [2.24, 2.45) is 5.92 Å². The molecule has 3 aromatic carbocycles. The maximum Gasteiger partial charge on any atom is 0.244 e. The van der Waals surface area contributed by atoms with Crippen molar-refractivity contribution < 1.29 is 8.42 Å². The van der Waals surface area contributed by atoms with Crippen molar-refractivity contribution in [2.75, 3.05) is 19.6 Å². The van der Waals surface area contributed by atoms with Crippen LogP contribution in [-0.2, 0) is 23.1 Å². The molecule has 2 atom stereocenters. The highest BCUT2D eigenvalue weighted by Gasteiger charge is 2.41. The lowest BCUT2D eigenvalue weighted by molar-refractivity contribution is 0.293. The van der Waals surface area contributed by atoms with E-state index in [0.717, 1.165) is 25.2 Å². The Hall–Kier alpha value is -1.89. The van der Waals surface area contributed by atoms with Crippen LogP contribution < -0.4 is 0 Å². The largest absolute Gasteiger partial charge is 0.298 e. The number of sulfonamides is 1. The lowest BCUT2D eigenvalue weighted by Gasteiger charge is -2.25. The number of halogens is 2. The zero-order valence-electron chi connectivity index (χ0n) is 17.5. The van der Waals surface area contributed by atoms with Crippen molar-refractivity contribution in [3.63, 3.8) is 0 Å². The van der Waals surface area contributed by atoms with Gasteiger partial charge in [-0.05, 0) is 40.8 Å². The minimum atomic E-state index is -3.80. The molecule has 2 aliphatic rings. The van der Waals surface area contributed by atoms with Gasteiger partial charge in [0.25, 0.3) is 0 Å². The van der Waals surface area contributed by atoms with Crippen LogP contribution in [0.25, 0.3) is 0 Å². The molecule has 0 N–H and O–H groups in total. The SMILES string of the molecule is O=S(=O)(c1cc(Cl)ccc1Cl)N1Cc2ccccc2[C@@H]2CN(Cc3ccccc3)C[C@H]2C1. The molecule has 166 valence electrons. The van der Waals surface area contributed by atoms with Crippen LogP contribution >= 0.6 is 23.2 Å². The van der Waals surface area contributed by atoms with Gasteiger partial charge in [0.1, 0.15) is 4.90 Å². The van der Waals surface area contributed by atoms with E-state index in [2.05, 4.69) is 35.2 Å². The fraction of sp³-hybridized carbons (Fsp3) is 0.280. The third kappa shape index (κ3) is 4.20. The molecule has 32 heavy (non-hydrogen) atoms. The van der Waals surface area contributed by atoms with Crippen LogP contribution in [0.2, 0.25) is 10.0 Å². The van der Waals surface area contributed by atoms with Gasteiger partial charge in [-0.3, -0.25) is 4.90 Å². The number of benzene rings is 3. The van der Waals surface area contributed by atoms with Gasteiger partial charge in [-0.2, -0.15) is 4.31 Å². The summed E-state index contributed by atoms with van der Waals surface area (Å²) in [5.41, 5.74) is 3.58. The third-order valence-corrected chi connectivity index (χ3v) is 9.04. The van der Waals surface area contributed by atoms with E-state index in [1.165, 1.54) is 17.2 Å². The van der Waals surface area contributed by atoms with E-state index in [4.69, 9.17) is 23.2 Å². The Morgan fingerprint density at radius 3 is 2.44 bits per heavy atom. The van der Waals surface area contributed by atoms with E-state index in [1.807, 2.05) is 24.3 Å². The molecule has 1 fully saturated rings. The summed E-state index contributed by atoms with van der Waals surface area (Å²) in [6, 6.07) is 23.2. The molecule has 0 amide bonds. The third-order valence-electron chi connectivity index (χ3n) is 6.52. The molecule has 2 heterocycles. The van der Waals surface area contributed by atoms with Crippen molar-refractivity contribution in [1.82, 2.24) is 9.21 Å². The molecule has 0 aliphatic carbocycles. The lowest BCUT2D eigenvalue weighted by atomic mass is 9.87. The summed E-state index contributed by atoms with van der Waals surface area (Å²) >= 11 is 12.4. The molecule has 0 bridgehead atoms. The maximum absolute atomic E-state index is 13.7. The highest BCUT2D eigenvalue weighted by molar-refractivity contribution is 7.89. The van der Waals surface area contributed by atoms with Crippen LogP contribution in [0.5, 0.6) is 0 Å². The lowest BCUT2D eigenvalue weighted by Crippen LogP contribution is -2.35. The number of hydrogen-bond donors (Lipinski definition) is 0. The van der Waals surface area contributed by atoms with Crippen molar-refractivity contribution in [3.8, 4) is 0 Å². The highest BCUT2D eigenvalue weighted by Crippen LogP contribution is 2.40. The number of nitrogens with zero attached hydrogens (tertiary/aromatic N) is 2. The Morgan fingerprint density at radius 2 is 1.62 bits per heavy atom. The normalized spacial score (nSPS) is 21.7. The van der Waals surface area contributed by atoms with Crippen LogP contribution in [0.4, 0.5) is 0 Å². The van der Waals surface area contributed by atoms with Crippen molar-refractivity contribution >= 4 is 33.2 Å². The second kappa shape index (κ2) is 8.81. The summed E-state index contributed by atoms with van der Waals surface area (Å²) in [4.78, 5) is 2.51. The fourth-order valence-electron chi connectivity index (χ4n) is 5.02. The summed E-state index contributed by atoms with van der Waals surface area (Å²) < 4.78 is 28.9. The van der Waals surface area contributed by atoms with Gasteiger partial charge in [0, 0.05) is 43.7 Å². The fourth-order valence-corrected chi connectivity index (χ4v) is 7.23. The van der Waals surface area contributed by atoms with Crippen molar-refractivity contribution in [1.29, 1.82) is 0 Å². The summed E-state index contributed by atoms with van der Waals surface area (Å²) in [5, 5.41) is 0.552. The van der Waals surface area contributed by atoms with E-state index >= 15 is 0 Å². The highest BCUT2D eigenvalue weighted by atomic mass is 35.5. The smallest absolute Gasteiger partial charge is 0.244 e. The van der Waals surface area contributed by atoms with E-state index in [-0.39, 0.29) is 15.8 Å². The standard InChI is InChI=1S/C25H24Cl2N2O2S/c26-21-10-11-24(27)25(12-21)32(30,31)29-15-19-8-4-5-9-22(19)23-17-28(14-20(23)16-29)13-18-6-2-1-3-7-18/h1-12,20,23H,13-17H2/t20-,23+/m0/s1. The number of fused-ring (bicyclic) bond motifs is 3. The molecule has 0 unspecified atom stereocenters. The molecule has 0 saturated carbocycles. The second-order valence-electron chi connectivity index (χ2n) is 8.62. The molecule has 5 rings (SSSR count).